The number of alkyl halides is 12. The standard InChI is InChI=1S/C6H3BF12O2/c8-3(9,10)1(4(11,12)13)20-7-21-2(5(14,15)16)6(17,18)19/h1-2,7H. The van der Waals surface area contributed by atoms with E-state index in [1.807, 2.05) is 0 Å². The van der Waals surface area contributed by atoms with Gasteiger partial charge in [0.25, 0.3) is 0 Å². The normalized spacial score (nSPS) is 15.0. The van der Waals surface area contributed by atoms with Crippen LogP contribution in [-0.2, 0) is 9.31 Å². The Bertz CT molecular complexity index is 267. The summed E-state index contributed by atoms with van der Waals surface area (Å²) in [6.07, 6.45) is -33.5. The lowest BCUT2D eigenvalue weighted by Gasteiger charge is -2.26. The predicted molar refractivity (Wildman–Crippen MR) is 41.1 cm³/mol. The molecule has 0 bridgehead atoms. The zero-order valence-corrected chi connectivity index (χ0v) is 9.21. The molecule has 0 aliphatic rings. The minimum Gasteiger partial charge on any atom is -0.396 e. The number of hydrogen-bond acceptors (Lipinski definition) is 2. The van der Waals surface area contributed by atoms with E-state index in [1.165, 1.54) is 0 Å². The van der Waals surface area contributed by atoms with Crippen LogP contribution in [0.4, 0.5) is 52.7 Å². The lowest BCUT2D eigenvalue weighted by molar-refractivity contribution is -0.315. The van der Waals surface area contributed by atoms with Gasteiger partial charge in [-0.05, 0) is 0 Å². The molecule has 0 spiro atoms. The molecule has 0 aromatic carbocycles. The van der Waals surface area contributed by atoms with E-state index in [0.29, 0.717) is 0 Å². The highest BCUT2D eigenvalue weighted by atomic mass is 19.4. The van der Waals surface area contributed by atoms with Gasteiger partial charge in [0.15, 0.2) is 0 Å². The number of hydrogen-bond donors (Lipinski definition) is 0. The average Bonchev–Trinajstić information content (AvgIpc) is 2.07. The van der Waals surface area contributed by atoms with Gasteiger partial charge < -0.3 is 9.31 Å². The molecule has 0 aliphatic carbocycles. The Morgan fingerprint density at radius 3 is 0.810 bits per heavy atom. The molecule has 0 N–H and O–H groups in total. The van der Waals surface area contributed by atoms with E-state index in [1.54, 1.807) is 0 Å². The molecule has 0 heterocycles. The van der Waals surface area contributed by atoms with E-state index >= 15 is 0 Å². The molecule has 0 rings (SSSR count). The van der Waals surface area contributed by atoms with Gasteiger partial charge in [0.05, 0.1) is 0 Å². The third-order valence-corrected chi connectivity index (χ3v) is 1.66. The maximum absolute atomic E-state index is 11.9. The molecule has 0 fully saturated rings. The van der Waals surface area contributed by atoms with Gasteiger partial charge in [-0.1, -0.05) is 0 Å². The van der Waals surface area contributed by atoms with Gasteiger partial charge in [-0.3, -0.25) is 0 Å². The predicted octanol–water partition coefficient (Wildman–Crippen LogP) is 3.27. The molecule has 0 saturated carbocycles. The van der Waals surface area contributed by atoms with Crippen molar-refractivity contribution < 1.29 is 62.0 Å². The largest absolute Gasteiger partial charge is 0.439 e. The van der Waals surface area contributed by atoms with Crippen molar-refractivity contribution in [1.29, 1.82) is 0 Å². The van der Waals surface area contributed by atoms with Crippen LogP contribution >= 0.6 is 0 Å². The summed E-state index contributed by atoms with van der Waals surface area (Å²) in [5.74, 6) is 0. The first-order chi connectivity index (χ1) is 8.97. The average molecular weight is 346 g/mol. The van der Waals surface area contributed by atoms with Crippen LogP contribution in [-0.4, -0.2) is 44.6 Å². The van der Waals surface area contributed by atoms with Gasteiger partial charge >= 0.3 is 32.4 Å². The fourth-order valence-corrected chi connectivity index (χ4v) is 0.924. The SMILES string of the molecule is FC(F)(F)C(OBOC(C(F)(F)F)C(F)(F)F)C(F)(F)F. The van der Waals surface area contributed by atoms with Crippen molar-refractivity contribution in [1.82, 2.24) is 0 Å². The van der Waals surface area contributed by atoms with E-state index in [2.05, 4.69) is 9.31 Å². The van der Waals surface area contributed by atoms with E-state index in [9.17, 15) is 52.7 Å². The van der Waals surface area contributed by atoms with Gasteiger partial charge in [-0.15, -0.1) is 0 Å². The number of rotatable bonds is 4. The quantitative estimate of drug-likeness (QED) is 0.575. The lowest BCUT2D eigenvalue weighted by Crippen LogP contribution is -2.49. The molecule has 0 aromatic rings. The smallest absolute Gasteiger partial charge is 0.396 e. The van der Waals surface area contributed by atoms with E-state index in [0.717, 1.165) is 0 Å². The molecule has 0 unspecified atom stereocenters. The Labute approximate surface area is 108 Å². The first-order valence-corrected chi connectivity index (χ1v) is 4.47. The fourth-order valence-electron chi connectivity index (χ4n) is 0.924. The van der Waals surface area contributed by atoms with Crippen molar-refractivity contribution in [3.05, 3.63) is 0 Å². The second-order valence-corrected chi connectivity index (χ2v) is 3.38. The summed E-state index contributed by atoms with van der Waals surface area (Å²) >= 11 is 0. The Morgan fingerprint density at radius 2 is 0.667 bits per heavy atom. The molecule has 0 aliphatic heterocycles. The maximum Gasteiger partial charge on any atom is 0.439 e. The van der Waals surface area contributed by atoms with Gasteiger partial charge in [-0.2, -0.15) is 52.7 Å². The highest BCUT2D eigenvalue weighted by Crippen LogP contribution is 2.37. The van der Waals surface area contributed by atoms with E-state index in [-0.39, 0.29) is 0 Å². The summed E-state index contributed by atoms with van der Waals surface area (Å²) in [4.78, 5) is 0. The molecule has 0 saturated heterocycles. The van der Waals surface area contributed by atoms with Crippen LogP contribution in [0.25, 0.3) is 0 Å². The zero-order valence-electron chi connectivity index (χ0n) is 9.21. The Kier molecular flexibility index (Phi) is 5.85. The molecule has 0 amide bonds. The summed E-state index contributed by atoms with van der Waals surface area (Å²) in [7, 11) is -2.52. The molecule has 0 aromatic heterocycles. The Hall–Kier alpha value is -0.855. The van der Waals surface area contributed by atoms with Gasteiger partial charge in [0.2, 0.25) is 12.2 Å². The van der Waals surface area contributed by atoms with Crippen molar-refractivity contribution in [2.75, 3.05) is 0 Å². The van der Waals surface area contributed by atoms with Crippen LogP contribution in [0.1, 0.15) is 0 Å². The van der Waals surface area contributed by atoms with Crippen LogP contribution in [0.2, 0.25) is 0 Å². The number of halogens is 12. The van der Waals surface area contributed by atoms with Crippen molar-refractivity contribution >= 4 is 7.69 Å². The second-order valence-electron chi connectivity index (χ2n) is 3.38. The second kappa shape index (κ2) is 6.10. The first kappa shape index (κ1) is 20.1. The van der Waals surface area contributed by atoms with E-state index < -0.39 is 44.6 Å². The summed E-state index contributed by atoms with van der Waals surface area (Å²) < 4.78 is 148. The monoisotopic (exact) mass is 346 g/mol. The van der Waals surface area contributed by atoms with Crippen LogP contribution in [0, 0.1) is 0 Å². The topological polar surface area (TPSA) is 18.5 Å². The fraction of sp³-hybridized carbons (Fsp3) is 1.00. The summed E-state index contributed by atoms with van der Waals surface area (Å²) in [6, 6.07) is 0. The van der Waals surface area contributed by atoms with Crippen molar-refractivity contribution in [2.45, 2.75) is 36.9 Å². The van der Waals surface area contributed by atoms with Crippen LogP contribution in [0.15, 0.2) is 0 Å². The Morgan fingerprint density at radius 1 is 0.476 bits per heavy atom. The third kappa shape index (κ3) is 6.63. The van der Waals surface area contributed by atoms with Crippen molar-refractivity contribution in [2.24, 2.45) is 0 Å². The summed E-state index contributed by atoms with van der Waals surface area (Å²) in [5, 5.41) is 0. The van der Waals surface area contributed by atoms with Gasteiger partial charge in [0, 0.05) is 0 Å². The lowest BCUT2D eigenvalue weighted by atomic mass is 10.2. The minimum atomic E-state index is -6.09. The molecular formula is C6H3BF12O2. The van der Waals surface area contributed by atoms with Crippen LogP contribution in [0.5, 0.6) is 0 Å². The maximum atomic E-state index is 11.9. The van der Waals surface area contributed by atoms with E-state index in [4.69, 9.17) is 0 Å². The van der Waals surface area contributed by atoms with Gasteiger partial charge in [-0.25, -0.2) is 0 Å². The highest BCUT2D eigenvalue weighted by Gasteiger charge is 2.60. The van der Waals surface area contributed by atoms with Crippen molar-refractivity contribution in [3.8, 4) is 0 Å². The third-order valence-electron chi connectivity index (χ3n) is 1.66. The molecule has 15 heteroatoms. The summed E-state index contributed by atoms with van der Waals surface area (Å²) in [6.45, 7) is 0. The Balaban J connectivity index is 4.84. The molecule has 126 valence electrons. The summed E-state index contributed by atoms with van der Waals surface area (Å²) in [5.41, 5.74) is 0. The first-order valence-electron chi connectivity index (χ1n) is 4.47. The van der Waals surface area contributed by atoms with Crippen molar-refractivity contribution in [3.63, 3.8) is 0 Å². The van der Waals surface area contributed by atoms with Crippen LogP contribution < -0.4 is 0 Å². The van der Waals surface area contributed by atoms with Crippen LogP contribution in [0.3, 0.4) is 0 Å². The molecule has 0 radical (unpaired) electrons. The molecular weight excluding hydrogens is 343 g/mol. The highest BCUT2D eigenvalue weighted by molar-refractivity contribution is 6.18. The molecule has 2 nitrogen and oxygen atoms in total. The zero-order chi connectivity index (χ0) is 17.3. The molecule has 21 heavy (non-hydrogen) atoms. The van der Waals surface area contributed by atoms with Gasteiger partial charge in [0.1, 0.15) is 0 Å². The molecule has 0 atom stereocenters. The minimum absolute atomic E-state index is 2.52.